The van der Waals surface area contributed by atoms with Crippen molar-refractivity contribution in [3.8, 4) is 5.75 Å². The van der Waals surface area contributed by atoms with E-state index in [1.54, 1.807) is 7.11 Å². The number of rotatable bonds is 7. The highest BCUT2D eigenvalue weighted by Crippen LogP contribution is 2.27. The zero-order chi connectivity index (χ0) is 22.7. The lowest BCUT2D eigenvalue weighted by molar-refractivity contribution is -0.121. The number of aromatic amines is 1. The summed E-state index contributed by atoms with van der Waals surface area (Å²) < 4.78 is 12.2. The second-order valence-corrected chi connectivity index (χ2v) is 8.63. The number of H-pyrrole nitrogens is 1. The minimum Gasteiger partial charge on any atom is -0.497 e. The lowest BCUT2D eigenvalue weighted by Gasteiger charge is -2.22. The van der Waals surface area contributed by atoms with Crippen molar-refractivity contribution >= 4 is 11.6 Å². The molecule has 1 amide bonds. The van der Waals surface area contributed by atoms with Crippen LogP contribution in [0.15, 0.2) is 41.2 Å². The number of carbonyl (C=O) groups is 1. The van der Waals surface area contributed by atoms with Crippen LogP contribution in [-0.2, 0) is 16.0 Å². The molecule has 0 radical (unpaired) electrons. The molecule has 0 saturated carbocycles. The summed E-state index contributed by atoms with van der Waals surface area (Å²) in [4.78, 5) is 30.3. The number of fused-ring (bicyclic) bond motifs is 1. The Morgan fingerprint density at radius 2 is 2.06 bits per heavy atom. The van der Waals surface area contributed by atoms with Crippen molar-refractivity contribution in [2.75, 3.05) is 20.3 Å². The molecule has 1 aliphatic rings. The number of benzene rings is 1. The van der Waals surface area contributed by atoms with Crippen LogP contribution in [0, 0.1) is 5.92 Å². The minimum absolute atomic E-state index is 0.0625. The van der Waals surface area contributed by atoms with Crippen LogP contribution in [0.5, 0.6) is 5.75 Å². The maximum absolute atomic E-state index is 12.8. The molecule has 8 nitrogen and oxygen atoms in total. The van der Waals surface area contributed by atoms with Gasteiger partial charge in [-0.1, -0.05) is 26.0 Å². The van der Waals surface area contributed by atoms with E-state index in [0.29, 0.717) is 23.0 Å². The van der Waals surface area contributed by atoms with Crippen molar-refractivity contribution in [1.29, 1.82) is 0 Å². The summed E-state index contributed by atoms with van der Waals surface area (Å²) in [5, 5.41) is 6.26. The summed E-state index contributed by atoms with van der Waals surface area (Å²) in [5.74, 6) is 0.976. The highest BCUT2D eigenvalue weighted by molar-refractivity contribution is 5.79. The Morgan fingerprint density at radius 1 is 1.28 bits per heavy atom. The van der Waals surface area contributed by atoms with Crippen LogP contribution in [0.3, 0.4) is 0 Å². The van der Waals surface area contributed by atoms with Crippen molar-refractivity contribution in [1.82, 2.24) is 19.9 Å². The van der Waals surface area contributed by atoms with Crippen LogP contribution >= 0.6 is 0 Å². The van der Waals surface area contributed by atoms with Crippen molar-refractivity contribution in [3.05, 3.63) is 63.7 Å². The third-order valence-electron chi connectivity index (χ3n) is 5.95. The first kappa shape index (κ1) is 22.1. The van der Waals surface area contributed by atoms with Gasteiger partial charge in [-0.15, -0.1) is 0 Å². The van der Waals surface area contributed by atoms with E-state index in [-0.39, 0.29) is 29.8 Å². The first-order valence-electron chi connectivity index (χ1n) is 11.1. The topological polar surface area (TPSA) is 97.7 Å². The maximum Gasteiger partial charge on any atom is 0.272 e. The highest BCUT2D eigenvalue weighted by atomic mass is 16.5. The van der Waals surface area contributed by atoms with E-state index >= 15 is 0 Å². The smallest absolute Gasteiger partial charge is 0.272 e. The fourth-order valence-electron chi connectivity index (χ4n) is 4.18. The van der Waals surface area contributed by atoms with E-state index < -0.39 is 0 Å². The molecule has 3 heterocycles. The molecule has 170 valence electrons. The average molecular weight is 439 g/mol. The summed E-state index contributed by atoms with van der Waals surface area (Å²) in [7, 11) is 1.60. The molecular formula is C24H30N4O4. The number of carbonyl (C=O) groups excluding carboxylic acids is 1. The molecule has 1 atom stereocenters. The summed E-state index contributed by atoms with van der Waals surface area (Å²) in [6.45, 7) is 5.46. The Labute approximate surface area is 186 Å². The highest BCUT2D eigenvalue weighted by Gasteiger charge is 2.23. The molecule has 0 spiro atoms. The predicted octanol–water partition coefficient (Wildman–Crippen LogP) is 2.98. The number of aromatic nitrogens is 3. The van der Waals surface area contributed by atoms with Crippen molar-refractivity contribution in [2.24, 2.45) is 5.92 Å². The van der Waals surface area contributed by atoms with E-state index in [0.717, 1.165) is 37.3 Å². The van der Waals surface area contributed by atoms with Crippen molar-refractivity contribution in [3.63, 3.8) is 0 Å². The molecule has 32 heavy (non-hydrogen) atoms. The first-order chi connectivity index (χ1) is 15.4. The van der Waals surface area contributed by atoms with Gasteiger partial charge in [-0.05, 0) is 36.5 Å². The molecule has 4 rings (SSSR count). The molecule has 1 fully saturated rings. The van der Waals surface area contributed by atoms with Gasteiger partial charge in [-0.3, -0.25) is 14.7 Å². The van der Waals surface area contributed by atoms with Gasteiger partial charge >= 0.3 is 0 Å². The summed E-state index contributed by atoms with van der Waals surface area (Å²) in [6, 6.07) is 10.5. The summed E-state index contributed by atoms with van der Waals surface area (Å²) in [5.41, 5.74) is 2.82. The first-order valence-corrected chi connectivity index (χ1v) is 11.1. The number of amides is 1. The SMILES string of the molecule is COc1cccc(CC(=O)N[C@H](c2cc(=O)n3[nH]c(C4CCOCC4)cc3n2)C(C)C)c1. The molecule has 3 aromatic rings. The quantitative estimate of drug-likeness (QED) is 0.591. The van der Waals surface area contributed by atoms with Crippen LogP contribution in [-0.4, -0.2) is 40.8 Å². The normalized spacial score (nSPS) is 15.8. The molecule has 0 bridgehead atoms. The lowest BCUT2D eigenvalue weighted by atomic mass is 9.97. The van der Waals surface area contributed by atoms with Gasteiger partial charge in [0.2, 0.25) is 5.91 Å². The average Bonchev–Trinajstić information content (AvgIpc) is 3.23. The van der Waals surface area contributed by atoms with Crippen molar-refractivity contribution < 1.29 is 14.3 Å². The molecule has 1 aromatic carbocycles. The molecule has 2 N–H and O–H groups in total. The standard InChI is InChI=1S/C24H30N4O4/c1-15(2)24(26-22(29)12-16-5-4-6-18(11-16)31-3)20-14-23(30)28-21(25-20)13-19(27-28)17-7-9-32-10-8-17/h4-6,11,13-15,17,24,27H,7-10,12H2,1-3H3,(H,26,29)/t24-/m0/s1. The fourth-order valence-corrected chi connectivity index (χ4v) is 4.18. The molecule has 0 unspecified atom stereocenters. The Balaban J connectivity index is 1.56. The zero-order valence-electron chi connectivity index (χ0n) is 18.8. The maximum atomic E-state index is 12.8. The van der Waals surface area contributed by atoms with E-state index in [9.17, 15) is 9.59 Å². The second-order valence-electron chi connectivity index (χ2n) is 8.63. The van der Waals surface area contributed by atoms with Gasteiger partial charge in [-0.2, -0.15) is 0 Å². The summed E-state index contributed by atoms with van der Waals surface area (Å²) >= 11 is 0. The van der Waals surface area contributed by atoms with Crippen LogP contribution in [0.1, 0.15) is 55.6 Å². The van der Waals surface area contributed by atoms with Gasteiger partial charge in [0, 0.05) is 37.0 Å². The number of methoxy groups -OCH3 is 1. The van der Waals surface area contributed by atoms with E-state index in [4.69, 9.17) is 14.5 Å². The predicted molar refractivity (Wildman–Crippen MR) is 121 cm³/mol. The molecule has 0 aliphatic carbocycles. The third-order valence-corrected chi connectivity index (χ3v) is 5.95. The lowest BCUT2D eigenvalue weighted by Crippen LogP contribution is -2.34. The van der Waals surface area contributed by atoms with Crippen LogP contribution in [0.25, 0.3) is 5.65 Å². The van der Waals surface area contributed by atoms with Gasteiger partial charge in [0.1, 0.15) is 5.75 Å². The minimum atomic E-state index is -0.368. The van der Waals surface area contributed by atoms with Gasteiger partial charge in [0.25, 0.3) is 5.56 Å². The van der Waals surface area contributed by atoms with E-state index in [1.165, 1.54) is 10.6 Å². The Kier molecular flexibility index (Phi) is 6.60. The largest absolute Gasteiger partial charge is 0.497 e. The molecule has 2 aromatic heterocycles. The van der Waals surface area contributed by atoms with Crippen molar-refractivity contribution in [2.45, 2.75) is 45.1 Å². The molecule has 1 saturated heterocycles. The molecule has 1 aliphatic heterocycles. The second kappa shape index (κ2) is 9.56. The Morgan fingerprint density at radius 3 is 2.78 bits per heavy atom. The van der Waals surface area contributed by atoms with E-state index in [1.807, 2.05) is 44.2 Å². The van der Waals surface area contributed by atoms with Gasteiger partial charge < -0.3 is 14.8 Å². The number of nitrogens with one attached hydrogen (secondary N) is 2. The number of hydrogen-bond donors (Lipinski definition) is 2. The fraction of sp³-hybridized carbons (Fsp3) is 0.458. The third kappa shape index (κ3) is 4.85. The van der Waals surface area contributed by atoms with Crippen LogP contribution < -0.4 is 15.6 Å². The van der Waals surface area contributed by atoms with Gasteiger partial charge in [0.05, 0.1) is 25.3 Å². The number of nitrogens with zero attached hydrogens (tertiary/aromatic N) is 2. The van der Waals surface area contributed by atoms with Gasteiger partial charge in [0.15, 0.2) is 5.65 Å². The van der Waals surface area contributed by atoms with Crippen LogP contribution in [0.4, 0.5) is 0 Å². The molecule has 8 heteroatoms. The summed E-state index contributed by atoms with van der Waals surface area (Å²) in [6.07, 6.45) is 2.06. The number of ether oxygens (including phenoxy) is 2. The molecular weight excluding hydrogens is 408 g/mol. The zero-order valence-corrected chi connectivity index (χ0v) is 18.8. The Hall–Kier alpha value is -3.13. The monoisotopic (exact) mass is 438 g/mol. The number of hydrogen-bond acceptors (Lipinski definition) is 5. The Bertz CT molecular complexity index is 1140. The van der Waals surface area contributed by atoms with Crippen LogP contribution in [0.2, 0.25) is 0 Å². The van der Waals surface area contributed by atoms with Gasteiger partial charge in [-0.25, -0.2) is 9.50 Å². The van der Waals surface area contributed by atoms with E-state index in [2.05, 4.69) is 10.4 Å².